The molecule has 0 saturated heterocycles. The number of hydrogen-bond donors (Lipinski definition) is 0. The summed E-state index contributed by atoms with van der Waals surface area (Å²) in [6.07, 6.45) is 0.624. The minimum absolute atomic E-state index is 0.0672. The van der Waals surface area contributed by atoms with Crippen molar-refractivity contribution >= 4 is 6.29 Å². The van der Waals surface area contributed by atoms with Gasteiger partial charge in [-0.05, 0) is 23.6 Å². The summed E-state index contributed by atoms with van der Waals surface area (Å²) in [6, 6.07) is 14.4. The van der Waals surface area contributed by atoms with Gasteiger partial charge in [0.2, 0.25) is 0 Å². The lowest BCUT2D eigenvalue weighted by molar-refractivity contribution is 0.112. The summed E-state index contributed by atoms with van der Waals surface area (Å²) < 4.78 is 28.6. The molecule has 0 amide bonds. The van der Waals surface area contributed by atoms with Gasteiger partial charge in [0.15, 0.2) is 12.1 Å². The zero-order chi connectivity index (χ0) is 18.0. The van der Waals surface area contributed by atoms with Crippen molar-refractivity contribution in [2.24, 2.45) is 0 Å². The molecular weight excluding hydrogens is 320 g/mol. The zero-order valence-corrected chi connectivity index (χ0v) is 14.0. The Bertz CT molecular complexity index is 903. The number of benzene rings is 2. The van der Waals surface area contributed by atoms with Gasteiger partial charge in [-0.2, -0.15) is 0 Å². The van der Waals surface area contributed by atoms with Gasteiger partial charge in [0, 0.05) is 16.7 Å². The second-order valence-electron chi connectivity index (χ2n) is 6.09. The first-order valence-corrected chi connectivity index (χ1v) is 8.02. The molecule has 0 unspecified atom stereocenters. The van der Waals surface area contributed by atoms with E-state index in [1.807, 2.05) is 19.9 Å². The Morgan fingerprint density at radius 3 is 2.12 bits per heavy atom. The summed E-state index contributed by atoms with van der Waals surface area (Å²) in [6.45, 7) is 3.80. The molecule has 0 saturated carbocycles. The molecule has 25 heavy (non-hydrogen) atoms. The number of rotatable bonds is 4. The van der Waals surface area contributed by atoms with Crippen molar-refractivity contribution in [1.29, 1.82) is 0 Å². The van der Waals surface area contributed by atoms with E-state index in [9.17, 15) is 9.18 Å². The summed E-state index contributed by atoms with van der Waals surface area (Å²) in [7, 11) is 0. The van der Waals surface area contributed by atoms with Crippen LogP contribution in [0.1, 0.15) is 35.8 Å². The molecule has 1 aromatic heterocycles. The van der Waals surface area contributed by atoms with Crippen molar-refractivity contribution in [2.75, 3.05) is 0 Å². The third-order valence-corrected chi connectivity index (χ3v) is 4.05. The molecule has 0 aliphatic carbocycles. The van der Waals surface area contributed by atoms with Crippen LogP contribution in [0.2, 0.25) is 0 Å². The lowest BCUT2D eigenvalue weighted by atomic mass is 9.92. The highest BCUT2D eigenvalue weighted by molar-refractivity contribution is 5.91. The molecule has 0 radical (unpaired) electrons. The lowest BCUT2D eigenvalue weighted by Gasteiger charge is -2.17. The van der Waals surface area contributed by atoms with E-state index in [-0.39, 0.29) is 22.7 Å². The number of nitrogens with zero attached hydrogens (tertiary/aromatic N) is 1. The molecular formula is C21H17F2NO. The third-order valence-electron chi connectivity index (χ3n) is 4.05. The molecule has 4 heteroatoms. The smallest absolute Gasteiger partial charge is 0.158 e. The maximum atomic E-state index is 15.3. The van der Waals surface area contributed by atoms with Crippen LogP contribution in [0, 0.1) is 11.6 Å². The van der Waals surface area contributed by atoms with Crippen LogP contribution in [0.5, 0.6) is 0 Å². The molecule has 0 bridgehead atoms. The summed E-state index contributed by atoms with van der Waals surface area (Å²) in [5, 5.41) is 0. The van der Waals surface area contributed by atoms with E-state index in [4.69, 9.17) is 0 Å². The number of hydrogen-bond acceptors (Lipinski definition) is 2. The van der Waals surface area contributed by atoms with Crippen LogP contribution in [-0.4, -0.2) is 11.3 Å². The van der Waals surface area contributed by atoms with E-state index in [1.165, 1.54) is 24.3 Å². The van der Waals surface area contributed by atoms with Crippen molar-refractivity contribution in [3.8, 4) is 22.4 Å². The van der Waals surface area contributed by atoms with Gasteiger partial charge in [-0.25, -0.2) is 13.8 Å². The van der Waals surface area contributed by atoms with E-state index in [1.54, 1.807) is 24.3 Å². The number of carbonyl (C=O) groups is 1. The van der Waals surface area contributed by atoms with Crippen LogP contribution in [0.3, 0.4) is 0 Å². The molecule has 1 heterocycles. The van der Waals surface area contributed by atoms with Crippen molar-refractivity contribution in [1.82, 2.24) is 4.98 Å². The van der Waals surface area contributed by atoms with E-state index in [0.29, 0.717) is 23.1 Å². The van der Waals surface area contributed by atoms with Crippen LogP contribution in [0.4, 0.5) is 8.78 Å². The van der Waals surface area contributed by atoms with Crippen molar-refractivity contribution in [3.05, 3.63) is 77.5 Å². The Balaban J connectivity index is 2.37. The van der Waals surface area contributed by atoms with Crippen molar-refractivity contribution < 1.29 is 13.6 Å². The van der Waals surface area contributed by atoms with Gasteiger partial charge in [0.1, 0.15) is 11.5 Å². The Hall–Kier alpha value is -2.88. The Labute approximate surface area is 145 Å². The molecule has 0 atom stereocenters. The Kier molecular flexibility index (Phi) is 4.70. The highest BCUT2D eigenvalue weighted by Gasteiger charge is 2.23. The third kappa shape index (κ3) is 3.20. The second-order valence-corrected chi connectivity index (χ2v) is 6.09. The molecule has 2 nitrogen and oxygen atoms in total. The minimum Gasteiger partial charge on any atom is -0.298 e. The fraction of sp³-hybridized carbons (Fsp3) is 0.143. The van der Waals surface area contributed by atoms with Gasteiger partial charge >= 0.3 is 0 Å². The average molecular weight is 337 g/mol. The largest absolute Gasteiger partial charge is 0.298 e. The van der Waals surface area contributed by atoms with Crippen molar-refractivity contribution in [2.45, 2.75) is 19.8 Å². The molecule has 126 valence electrons. The first-order chi connectivity index (χ1) is 12.0. The number of aldehydes is 1. The zero-order valence-electron chi connectivity index (χ0n) is 14.0. The van der Waals surface area contributed by atoms with E-state index < -0.39 is 11.6 Å². The maximum absolute atomic E-state index is 15.3. The normalized spacial score (nSPS) is 10.9. The van der Waals surface area contributed by atoms with Crippen LogP contribution in [0.25, 0.3) is 22.4 Å². The summed E-state index contributed by atoms with van der Waals surface area (Å²) in [4.78, 5) is 16.1. The van der Waals surface area contributed by atoms with Gasteiger partial charge in [-0.3, -0.25) is 4.79 Å². The summed E-state index contributed by atoms with van der Waals surface area (Å²) >= 11 is 0. The van der Waals surface area contributed by atoms with Gasteiger partial charge < -0.3 is 0 Å². The second kappa shape index (κ2) is 6.93. The summed E-state index contributed by atoms with van der Waals surface area (Å²) in [5.41, 5.74) is 2.15. The molecule has 2 aromatic carbocycles. The monoisotopic (exact) mass is 337 g/mol. The van der Waals surface area contributed by atoms with Crippen LogP contribution in [-0.2, 0) is 0 Å². The molecule has 3 aromatic rings. The Morgan fingerprint density at radius 2 is 1.56 bits per heavy atom. The number of carbonyl (C=O) groups excluding carboxylic acids is 1. The average Bonchev–Trinajstić information content (AvgIpc) is 2.62. The lowest BCUT2D eigenvalue weighted by Crippen LogP contribution is -2.07. The number of pyridine rings is 1. The van der Waals surface area contributed by atoms with Crippen LogP contribution in [0.15, 0.2) is 54.6 Å². The van der Waals surface area contributed by atoms with Crippen LogP contribution < -0.4 is 0 Å². The Morgan fingerprint density at radius 1 is 0.920 bits per heavy atom. The predicted octanol–water partition coefficient (Wildman–Crippen LogP) is 5.63. The standard InChI is InChI=1S/C21H17F2NO/c1-13(2)20-17(12-25)18(14-8-10-16(22)11-9-14)19(23)21(24-20)15-6-4-3-5-7-15/h3-13H,1-2H3. The van der Waals surface area contributed by atoms with E-state index in [2.05, 4.69) is 4.98 Å². The molecule has 0 aliphatic rings. The fourth-order valence-corrected chi connectivity index (χ4v) is 2.84. The topological polar surface area (TPSA) is 30.0 Å². The van der Waals surface area contributed by atoms with Crippen molar-refractivity contribution in [3.63, 3.8) is 0 Å². The van der Waals surface area contributed by atoms with E-state index in [0.717, 1.165) is 0 Å². The maximum Gasteiger partial charge on any atom is 0.158 e. The molecule has 0 fully saturated rings. The SMILES string of the molecule is CC(C)c1nc(-c2ccccc2)c(F)c(-c2ccc(F)cc2)c1C=O. The number of aromatic nitrogens is 1. The van der Waals surface area contributed by atoms with Crippen LogP contribution >= 0.6 is 0 Å². The summed E-state index contributed by atoms with van der Waals surface area (Å²) in [5.74, 6) is -1.06. The van der Waals surface area contributed by atoms with Gasteiger partial charge in [0.05, 0.1) is 5.69 Å². The molecule has 0 aliphatic heterocycles. The molecule has 3 rings (SSSR count). The predicted molar refractivity (Wildman–Crippen MR) is 94.5 cm³/mol. The quantitative estimate of drug-likeness (QED) is 0.578. The van der Waals surface area contributed by atoms with Gasteiger partial charge in [0.25, 0.3) is 0 Å². The minimum atomic E-state index is -0.579. The first kappa shape index (κ1) is 17.0. The van der Waals surface area contributed by atoms with Gasteiger partial charge in [-0.1, -0.05) is 56.3 Å². The van der Waals surface area contributed by atoms with Gasteiger partial charge in [-0.15, -0.1) is 0 Å². The highest BCUT2D eigenvalue weighted by Crippen LogP contribution is 2.35. The highest BCUT2D eigenvalue weighted by atomic mass is 19.1. The number of halogens is 2. The fourth-order valence-electron chi connectivity index (χ4n) is 2.84. The molecule has 0 spiro atoms. The molecule has 0 N–H and O–H groups in total. The first-order valence-electron chi connectivity index (χ1n) is 8.02. The van der Waals surface area contributed by atoms with E-state index >= 15 is 4.39 Å².